The van der Waals surface area contributed by atoms with Gasteiger partial charge in [-0.1, -0.05) is 70.1 Å². The topological polar surface area (TPSA) is 111 Å². The quantitative estimate of drug-likeness (QED) is 0.0697. The Labute approximate surface area is 306 Å². The average Bonchev–Trinajstić information content (AvgIpc) is 3.27. The smallest absolute Gasteiger partial charge is 0.303 e. The maximum atomic E-state index is 15.5. The van der Waals surface area contributed by atoms with Crippen molar-refractivity contribution in [3.63, 3.8) is 0 Å². The van der Waals surface area contributed by atoms with Gasteiger partial charge in [0.1, 0.15) is 37.3 Å². The molecule has 0 radical (unpaired) electrons. The zero-order valence-corrected chi connectivity index (χ0v) is 31.8. The maximum absolute atomic E-state index is 15.5. The summed E-state index contributed by atoms with van der Waals surface area (Å²) in [6, 6.07) is 10.4. The average molecular weight is 738 g/mol. The maximum Gasteiger partial charge on any atom is 0.303 e. The predicted octanol–water partition coefficient (Wildman–Crippen LogP) is 8.48. The molecular formula is C41H51F2N2O6S+. The van der Waals surface area contributed by atoms with Crippen LogP contribution < -0.4 is 14.8 Å². The Kier molecular flexibility index (Phi) is 13.2. The highest BCUT2D eigenvalue weighted by Crippen LogP contribution is 2.52. The SMILES string of the molecule is C[N+](C)=c1ccc2c(/C=C/C=C/C=C/C=C3/N(CCCCCC(=O)O)c4c(F)cc(F)cc4C3(C)CCCCS(=O)(=O)O)cc(C(C)(C)C)oc-2c1. The summed E-state index contributed by atoms with van der Waals surface area (Å²) in [4.78, 5) is 12.9. The molecule has 1 aromatic carbocycles. The molecule has 2 N–H and O–H groups in total. The third-order valence-electron chi connectivity index (χ3n) is 9.36. The molecule has 4 rings (SSSR count). The summed E-state index contributed by atoms with van der Waals surface area (Å²) in [5.41, 5.74) is 2.43. The minimum Gasteiger partial charge on any atom is -0.481 e. The first-order valence-corrected chi connectivity index (χ1v) is 19.3. The van der Waals surface area contributed by atoms with Gasteiger partial charge in [0.2, 0.25) is 5.36 Å². The normalized spacial score (nSPS) is 17.4. The van der Waals surface area contributed by atoms with Crippen LogP contribution in [0, 0.1) is 11.6 Å². The van der Waals surface area contributed by atoms with Crippen molar-refractivity contribution in [2.24, 2.45) is 0 Å². The molecule has 1 aliphatic carbocycles. The second kappa shape index (κ2) is 17.0. The van der Waals surface area contributed by atoms with Gasteiger partial charge in [0.25, 0.3) is 10.1 Å². The molecule has 0 amide bonds. The van der Waals surface area contributed by atoms with Crippen molar-refractivity contribution in [3.8, 4) is 11.3 Å². The highest BCUT2D eigenvalue weighted by molar-refractivity contribution is 7.85. The number of halogens is 2. The summed E-state index contributed by atoms with van der Waals surface area (Å²) in [6.45, 7) is 8.61. The molecule has 280 valence electrons. The predicted molar refractivity (Wildman–Crippen MR) is 204 cm³/mol. The van der Waals surface area contributed by atoms with Crippen LogP contribution in [0.3, 0.4) is 0 Å². The highest BCUT2D eigenvalue weighted by Gasteiger charge is 2.44. The molecule has 2 aliphatic heterocycles. The second-order valence-electron chi connectivity index (χ2n) is 14.8. The molecule has 11 heteroatoms. The molecule has 1 unspecified atom stereocenters. The van der Waals surface area contributed by atoms with E-state index in [0.29, 0.717) is 44.2 Å². The summed E-state index contributed by atoms with van der Waals surface area (Å²) < 4.78 is 70.5. The molecule has 8 nitrogen and oxygen atoms in total. The lowest BCUT2D eigenvalue weighted by Gasteiger charge is -2.30. The van der Waals surface area contributed by atoms with Gasteiger partial charge in [-0.05, 0) is 68.0 Å². The number of aliphatic carboxylic acids is 1. The molecule has 0 saturated heterocycles. The molecule has 1 aromatic rings. The number of anilines is 1. The zero-order valence-electron chi connectivity index (χ0n) is 31.0. The number of hydrogen-bond acceptors (Lipinski definition) is 5. The summed E-state index contributed by atoms with van der Waals surface area (Å²) in [5.74, 6) is -1.01. The van der Waals surface area contributed by atoms with Gasteiger partial charge in [-0.2, -0.15) is 8.42 Å². The summed E-state index contributed by atoms with van der Waals surface area (Å²) in [6.07, 6.45) is 16.0. The molecule has 52 heavy (non-hydrogen) atoms. The van der Waals surface area contributed by atoms with Gasteiger partial charge in [0.05, 0.1) is 17.5 Å². The number of nitrogens with zero attached hydrogens (tertiary/aromatic N) is 2. The van der Waals surface area contributed by atoms with E-state index in [1.54, 1.807) is 0 Å². The van der Waals surface area contributed by atoms with Gasteiger partial charge in [-0.3, -0.25) is 9.35 Å². The molecule has 2 heterocycles. The van der Waals surface area contributed by atoms with Crippen LogP contribution in [-0.4, -0.2) is 50.4 Å². The third kappa shape index (κ3) is 10.4. The summed E-state index contributed by atoms with van der Waals surface area (Å²) in [5, 5.41) is 10.1. The van der Waals surface area contributed by atoms with Crippen LogP contribution in [0.1, 0.15) is 89.5 Å². The van der Waals surface area contributed by atoms with E-state index in [0.717, 1.165) is 39.8 Å². The van der Waals surface area contributed by atoms with Gasteiger partial charge in [-0.25, -0.2) is 13.4 Å². The molecule has 0 saturated carbocycles. The highest BCUT2D eigenvalue weighted by atomic mass is 32.2. The summed E-state index contributed by atoms with van der Waals surface area (Å²) in [7, 11) is -0.166. The lowest BCUT2D eigenvalue weighted by atomic mass is 9.77. The number of carbonyl (C=O) groups is 1. The molecule has 0 fully saturated rings. The Morgan fingerprint density at radius 1 is 0.962 bits per heavy atom. The van der Waals surface area contributed by atoms with Gasteiger partial charge >= 0.3 is 5.97 Å². The fraction of sp³-hybridized carbons (Fsp3) is 0.415. The number of carboxylic acid groups (broad SMARTS) is 1. The minimum atomic E-state index is -4.15. The Morgan fingerprint density at radius 3 is 2.35 bits per heavy atom. The van der Waals surface area contributed by atoms with Crippen LogP contribution in [-0.2, 0) is 25.7 Å². The molecule has 0 spiro atoms. The van der Waals surface area contributed by atoms with Crippen LogP contribution in [0.15, 0.2) is 83.0 Å². The van der Waals surface area contributed by atoms with Crippen molar-refractivity contribution < 1.29 is 36.1 Å². The number of fused-ring (bicyclic) bond motifs is 2. The Morgan fingerprint density at radius 2 is 1.67 bits per heavy atom. The van der Waals surface area contributed by atoms with E-state index in [1.165, 1.54) is 6.07 Å². The monoisotopic (exact) mass is 737 g/mol. The molecule has 0 aromatic heterocycles. The van der Waals surface area contributed by atoms with E-state index in [-0.39, 0.29) is 23.9 Å². The van der Waals surface area contributed by atoms with Crippen molar-refractivity contribution in [3.05, 3.63) is 112 Å². The van der Waals surface area contributed by atoms with Crippen LogP contribution in [0.2, 0.25) is 0 Å². The Hall–Kier alpha value is -4.35. The van der Waals surface area contributed by atoms with Crippen LogP contribution in [0.4, 0.5) is 14.5 Å². The Balaban J connectivity index is 1.64. The molecule has 3 aliphatic rings. The number of benzene rings is 2. The van der Waals surface area contributed by atoms with E-state index in [1.807, 2.05) is 79.1 Å². The number of allylic oxidation sites excluding steroid dienone is 7. The van der Waals surface area contributed by atoms with Gasteiger partial charge < -0.3 is 14.4 Å². The molecule has 1 atom stereocenters. The number of carboxylic acids is 1. The van der Waals surface area contributed by atoms with Gasteiger partial charge in [0, 0.05) is 47.2 Å². The zero-order chi connectivity index (χ0) is 38.3. The van der Waals surface area contributed by atoms with Gasteiger partial charge in [0.15, 0.2) is 0 Å². The van der Waals surface area contributed by atoms with Crippen LogP contribution >= 0.6 is 0 Å². The first kappa shape index (κ1) is 40.4. The largest absolute Gasteiger partial charge is 0.481 e. The number of unbranched alkanes of at least 4 members (excludes halogenated alkanes) is 3. The fourth-order valence-corrected chi connectivity index (χ4v) is 7.13. The van der Waals surface area contributed by atoms with Crippen molar-refractivity contribution in [1.82, 2.24) is 4.58 Å². The summed E-state index contributed by atoms with van der Waals surface area (Å²) >= 11 is 0. The fourth-order valence-electron chi connectivity index (χ4n) is 6.56. The van der Waals surface area contributed by atoms with E-state index in [9.17, 15) is 22.2 Å². The van der Waals surface area contributed by atoms with Crippen molar-refractivity contribution in [2.75, 3.05) is 31.3 Å². The lowest BCUT2D eigenvalue weighted by molar-refractivity contribution is -0.137. The molecular weight excluding hydrogens is 687 g/mol. The second-order valence-corrected chi connectivity index (χ2v) is 16.4. The minimum absolute atomic E-state index is 0.0405. The van der Waals surface area contributed by atoms with E-state index < -0.39 is 38.9 Å². The van der Waals surface area contributed by atoms with Crippen molar-refractivity contribution >= 4 is 27.9 Å². The third-order valence-corrected chi connectivity index (χ3v) is 10.2. The van der Waals surface area contributed by atoms with E-state index >= 15 is 4.39 Å². The Bertz CT molecular complexity index is 2030. The van der Waals surface area contributed by atoms with Crippen LogP contribution in [0.5, 0.6) is 0 Å². The van der Waals surface area contributed by atoms with Crippen molar-refractivity contribution in [1.29, 1.82) is 0 Å². The lowest BCUT2D eigenvalue weighted by Crippen LogP contribution is -2.29. The van der Waals surface area contributed by atoms with Crippen molar-refractivity contribution in [2.45, 2.75) is 83.5 Å². The number of hydrogen-bond donors (Lipinski definition) is 2. The van der Waals surface area contributed by atoms with Gasteiger partial charge in [-0.15, -0.1) is 0 Å². The standard InChI is InChI=1S/C41H50F2N2O6S/c1-40(2,3)37-25-29(32-21-20-31(44(5)6)28-35(32)51-37)17-11-8-7-9-12-18-36-41(4,22-14-16-24-52(48,49)50)33-26-30(42)27-34(43)39(33)45(36)23-15-10-13-19-38(46)47/h7-9,11-12,17-18,20-21,25-28H,10,13-16,19,22-24H2,1-6H3,(H-,46,47,48,49,50)/p+1. The first-order valence-electron chi connectivity index (χ1n) is 17.7. The van der Waals surface area contributed by atoms with Crippen LogP contribution in [0.25, 0.3) is 17.4 Å². The number of rotatable bonds is 15. The first-order chi connectivity index (χ1) is 24.4. The van der Waals surface area contributed by atoms with E-state index in [4.69, 9.17) is 9.52 Å². The molecule has 0 bridgehead atoms. The van der Waals surface area contributed by atoms with E-state index in [2.05, 4.69) is 39.0 Å².